The summed E-state index contributed by atoms with van der Waals surface area (Å²) >= 11 is 2.90. The molecule has 1 aromatic rings. The minimum absolute atomic E-state index is 0.0553. The molecule has 2 rings (SSSR count). The number of hydrogen-bond donors (Lipinski definition) is 1. The second kappa shape index (κ2) is 9.19. The summed E-state index contributed by atoms with van der Waals surface area (Å²) in [5, 5.41) is 11.4. The molecule has 24 heavy (non-hydrogen) atoms. The van der Waals surface area contributed by atoms with Crippen molar-refractivity contribution in [3.8, 4) is 0 Å². The summed E-state index contributed by atoms with van der Waals surface area (Å²) in [6, 6.07) is -0.0553. The number of aromatic nitrogens is 2. The van der Waals surface area contributed by atoms with Crippen LogP contribution in [-0.4, -0.2) is 78.6 Å². The van der Waals surface area contributed by atoms with E-state index in [1.165, 1.54) is 16.2 Å². The monoisotopic (exact) mass is 373 g/mol. The molecule has 134 valence electrons. The number of amides is 3. The smallest absolute Gasteiger partial charge is 0.319 e. The first-order valence-electron chi connectivity index (χ1n) is 7.73. The molecule has 8 nitrogen and oxygen atoms in total. The van der Waals surface area contributed by atoms with Crippen molar-refractivity contribution >= 4 is 40.2 Å². The Kier molecular flexibility index (Phi) is 7.25. The van der Waals surface area contributed by atoms with E-state index in [1.807, 2.05) is 0 Å². The molecule has 0 saturated carbocycles. The number of likely N-dealkylation sites (tertiary alicyclic amines) is 1. The Labute approximate surface area is 149 Å². The number of ether oxygens (including phenoxy) is 1. The SMILES string of the molecule is COCCSc1nnc(NC(=O)[C@@H]2CCCN(C(=O)N(C)C)C2)s1. The van der Waals surface area contributed by atoms with E-state index >= 15 is 0 Å². The fraction of sp³-hybridized carbons (Fsp3) is 0.714. The molecular weight excluding hydrogens is 350 g/mol. The van der Waals surface area contributed by atoms with Crippen LogP contribution in [0.15, 0.2) is 4.34 Å². The third-order valence-electron chi connectivity index (χ3n) is 3.59. The van der Waals surface area contributed by atoms with E-state index in [4.69, 9.17) is 4.74 Å². The summed E-state index contributed by atoms with van der Waals surface area (Å²) in [5.74, 6) is 0.482. The van der Waals surface area contributed by atoms with E-state index in [0.717, 1.165) is 22.9 Å². The maximum atomic E-state index is 12.4. The standard InChI is InChI=1S/C14H23N5O3S2/c1-18(2)14(21)19-6-4-5-10(9-19)11(20)15-12-16-17-13(24-12)23-8-7-22-3/h10H,4-9H2,1-3H3,(H,15,16,20)/t10-/m1/s1. The first-order chi connectivity index (χ1) is 11.5. The number of anilines is 1. The average Bonchev–Trinajstić information content (AvgIpc) is 3.01. The number of nitrogens with zero attached hydrogens (tertiary/aromatic N) is 4. The van der Waals surface area contributed by atoms with E-state index in [1.54, 1.807) is 37.9 Å². The van der Waals surface area contributed by atoms with E-state index in [0.29, 0.717) is 24.8 Å². The Morgan fingerprint density at radius 2 is 2.25 bits per heavy atom. The highest BCUT2D eigenvalue weighted by Gasteiger charge is 2.29. The highest BCUT2D eigenvalue weighted by Crippen LogP contribution is 2.26. The molecule has 2 heterocycles. The van der Waals surface area contributed by atoms with Gasteiger partial charge in [0, 0.05) is 40.0 Å². The summed E-state index contributed by atoms with van der Waals surface area (Å²) in [6.07, 6.45) is 1.60. The van der Waals surface area contributed by atoms with Crippen molar-refractivity contribution in [2.75, 3.05) is 52.0 Å². The highest BCUT2D eigenvalue weighted by atomic mass is 32.2. The van der Waals surface area contributed by atoms with Gasteiger partial charge in [0.2, 0.25) is 11.0 Å². The van der Waals surface area contributed by atoms with Gasteiger partial charge in [-0.2, -0.15) is 0 Å². The van der Waals surface area contributed by atoms with Gasteiger partial charge in [-0.1, -0.05) is 23.1 Å². The lowest BCUT2D eigenvalue weighted by Crippen LogP contribution is -2.47. The molecule has 1 N–H and O–H groups in total. The summed E-state index contributed by atoms with van der Waals surface area (Å²) in [4.78, 5) is 27.7. The maximum absolute atomic E-state index is 12.4. The molecule has 1 aromatic heterocycles. The van der Waals surface area contributed by atoms with Gasteiger partial charge in [0.1, 0.15) is 0 Å². The summed E-state index contributed by atoms with van der Waals surface area (Å²) in [6.45, 7) is 1.78. The molecule has 0 unspecified atom stereocenters. The lowest BCUT2D eigenvalue weighted by atomic mass is 9.97. The molecule has 0 aromatic carbocycles. The molecule has 1 aliphatic heterocycles. The van der Waals surface area contributed by atoms with Crippen LogP contribution in [0.5, 0.6) is 0 Å². The lowest BCUT2D eigenvalue weighted by Gasteiger charge is -2.33. The zero-order valence-corrected chi connectivity index (χ0v) is 15.8. The molecule has 1 saturated heterocycles. The van der Waals surface area contributed by atoms with Crippen molar-refractivity contribution in [2.45, 2.75) is 17.2 Å². The van der Waals surface area contributed by atoms with Crippen molar-refractivity contribution in [1.29, 1.82) is 0 Å². The summed E-state index contributed by atoms with van der Waals surface area (Å²) in [5.41, 5.74) is 0. The van der Waals surface area contributed by atoms with Crippen molar-refractivity contribution in [2.24, 2.45) is 5.92 Å². The molecule has 0 spiro atoms. The normalized spacial score (nSPS) is 17.6. The van der Waals surface area contributed by atoms with Crippen molar-refractivity contribution in [3.05, 3.63) is 0 Å². The number of thioether (sulfide) groups is 1. The van der Waals surface area contributed by atoms with Crippen LogP contribution in [0, 0.1) is 5.92 Å². The Morgan fingerprint density at radius 3 is 2.96 bits per heavy atom. The largest absolute Gasteiger partial charge is 0.384 e. The van der Waals surface area contributed by atoms with Gasteiger partial charge >= 0.3 is 6.03 Å². The number of methoxy groups -OCH3 is 1. The van der Waals surface area contributed by atoms with Gasteiger partial charge in [0.15, 0.2) is 4.34 Å². The van der Waals surface area contributed by atoms with Crippen LogP contribution in [0.3, 0.4) is 0 Å². The Hall–Kier alpha value is -1.39. The number of piperidine rings is 1. The molecule has 3 amide bonds. The molecule has 0 bridgehead atoms. The second-order valence-corrected chi connectivity index (χ2v) is 7.99. The highest BCUT2D eigenvalue weighted by molar-refractivity contribution is 8.01. The lowest BCUT2D eigenvalue weighted by molar-refractivity contribution is -0.121. The summed E-state index contributed by atoms with van der Waals surface area (Å²) < 4.78 is 5.79. The fourth-order valence-corrected chi connectivity index (χ4v) is 4.11. The van der Waals surface area contributed by atoms with Gasteiger partial charge in [-0.25, -0.2) is 4.79 Å². The van der Waals surface area contributed by atoms with Crippen LogP contribution < -0.4 is 5.32 Å². The Morgan fingerprint density at radius 1 is 1.46 bits per heavy atom. The molecule has 1 aliphatic rings. The molecule has 10 heteroatoms. The van der Waals surface area contributed by atoms with Crippen molar-refractivity contribution in [3.63, 3.8) is 0 Å². The van der Waals surface area contributed by atoms with E-state index in [9.17, 15) is 9.59 Å². The van der Waals surface area contributed by atoms with Crippen LogP contribution >= 0.6 is 23.1 Å². The second-order valence-electron chi connectivity index (χ2n) is 5.67. The maximum Gasteiger partial charge on any atom is 0.319 e. The first kappa shape index (κ1) is 18.9. The van der Waals surface area contributed by atoms with Crippen molar-refractivity contribution < 1.29 is 14.3 Å². The number of nitrogens with one attached hydrogen (secondary N) is 1. The predicted molar refractivity (Wildman–Crippen MR) is 94.5 cm³/mol. The fourth-order valence-electron chi connectivity index (χ4n) is 2.39. The van der Waals surface area contributed by atoms with Crippen molar-refractivity contribution in [1.82, 2.24) is 20.0 Å². The summed E-state index contributed by atoms with van der Waals surface area (Å²) in [7, 11) is 5.09. The van der Waals surface area contributed by atoms with Gasteiger partial charge in [-0.3, -0.25) is 4.79 Å². The zero-order chi connectivity index (χ0) is 17.5. The number of rotatable bonds is 6. The van der Waals surface area contributed by atoms with E-state index < -0.39 is 0 Å². The van der Waals surface area contributed by atoms with Crippen LogP contribution in [0.25, 0.3) is 0 Å². The van der Waals surface area contributed by atoms with E-state index in [2.05, 4.69) is 15.5 Å². The zero-order valence-electron chi connectivity index (χ0n) is 14.2. The molecule has 0 aliphatic carbocycles. The molecular formula is C14H23N5O3S2. The van der Waals surface area contributed by atoms with Gasteiger partial charge in [-0.05, 0) is 12.8 Å². The predicted octanol–water partition coefficient (Wildman–Crippen LogP) is 1.61. The van der Waals surface area contributed by atoms with Gasteiger partial charge in [-0.15, -0.1) is 10.2 Å². The van der Waals surface area contributed by atoms with Gasteiger partial charge < -0.3 is 19.9 Å². The molecule has 1 atom stereocenters. The average molecular weight is 374 g/mol. The number of hydrogen-bond acceptors (Lipinski definition) is 7. The number of carbonyl (C=O) groups is 2. The first-order valence-corrected chi connectivity index (χ1v) is 9.53. The third kappa shape index (κ3) is 5.32. The van der Waals surface area contributed by atoms with Crippen LogP contribution in [-0.2, 0) is 9.53 Å². The number of carbonyl (C=O) groups excluding carboxylic acids is 2. The Balaban J connectivity index is 1.86. The minimum atomic E-state index is -0.212. The number of urea groups is 1. The quantitative estimate of drug-likeness (QED) is 0.463. The van der Waals surface area contributed by atoms with Gasteiger partial charge in [0.05, 0.1) is 12.5 Å². The van der Waals surface area contributed by atoms with Crippen LogP contribution in [0.4, 0.5) is 9.93 Å². The minimum Gasteiger partial charge on any atom is -0.384 e. The third-order valence-corrected chi connectivity index (χ3v) is 5.53. The van der Waals surface area contributed by atoms with Crippen LogP contribution in [0.2, 0.25) is 0 Å². The van der Waals surface area contributed by atoms with Gasteiger partial charge in [0.25, 0.3) is 0 Å². The van der Waals surface area contributed by atoms with Crippen LogP contribution in [0.1, 0.15) is 12.8 Å². The Bertz CT molecular complexity index is 566. The van der Waals surface area contributed by atoms with E-state index in [-0.39, 0.29) is 17.9 Å². The molecule has 0 radical (unpaired) electrons. The topological polar surface area (TPSA) is 87.7 Å². The molecule has 1 fully saturated rings.